The first-order chi connectivity index (χ1) is 12.3. The Bertz CT molecular complexity index is 671. The monoisotopic (exact) mass is 338 g/mol. The fourth-order valence-electron chi connectivity index (χ4n) is 3.86. The third-order valence-corrected chi connectivity index (χ3v) is 5.42. The highest BCUT2D eigenvalue weighted by Crippen LogP contribution is 2.33. The van der Waals surface area contributed by atoms with Crippen LogP contribution in [0.1, 0.15) is 41.8 Å². The molecule has 0 N–H and O–H groups in total. The Morgan fingerprint density at radius 1 is 1.00 bits per heavy atom. The predicted octanol–water partition coefficient (Wildman–Crippen LogP) is 3.59. The third kappa shape index (κ3) is 3.96. The molecule has 0 unspecified atom stereocenters. The van der Waals surface area contributed by atoms with Crippen molar-refractivity contribution in [3.63, 3.8) is 0 Å². The van der Waals surface area contributed by atoms with Gasteiger partial charge in [-0.1, -0.05) is 30.3 Å². The molecule has 0 spiro atoms. The lowest BCUT2D eigenvalue weighted by molar-refractivity contribution is 0.0520. The Morgan fingerprint density at radius 3 is 2.36 bits per heavy atom. The van der Waals surface area contributed by atoms with Crippen molar-refractivity contribution < 1.29 is 9.21 Å². The van der Waals surface area contributed by atoms with E-state index in [1.54, 1.807) is 18.4 Å². The van der Waals surface area contributed by atoms with Crippen LogP contribution in [-0.4, -0.2) is 47.4 Å². The van der Waals surface area contributed by atoms with E-state index < -0.39 is 0 Å². The fraction of sp³-hybridized carbons (Fsp3) is 0.476. The number of piperidine rings is 1. The maximum Gasteiger partial charge on any atom is 0.290 e. The fourth-order valence-corrected chi connectivity index (χ4v) is 3.86. The largest absolute Gasteiger partial charge is 0.459 e. The first kappa shape index (κ1) is 16.4. The van der Waals surface area contributed by atoms with Gasteiger partial charge in [0.1, 0.15) is 0 Å². The number of benzene rings is 1. The van der Waals surface area contributed by atoms with Crippen LogP contribution in [0.3, 0.4) is 0 Å². The molecule has 2 aliphatic rings. The molecule has 1 saturated heterocycles. The molecule has 1 amide bonds. The molecule has 0 radical (unpaired) electrons. The number of hydrogen-bond donors (Lipinski definition) is 0. The lowest BCUT2D eigenvalue weighted by Crippen LogP contribution is -2.48. The van der Waals surface area contributed by atoms with Crippen molar-refractivity contribution in [2.45, 2.75) is 44.2 Å². The number of carbonyl (C=O) groups is 1. The summed E-state index contributed by atoms with van der Waals surface area (Å²) in [7, 11) is 0. The smallest absolute Gasteiger partial charge is 0.290 e. The zero-order chi connectivity index (χ0) is 17.1. The van der Waals surface area contributed by atoms with E-state index in [1.165, 1.54) is 5.56 Å². The van der Waals surface area contributed by atoms with Gasteiger partial charge in [-0.3, -0.25) is 4.79 Å². The summed E-state index contributed by atoms with van der Waals surface area (Å²) in [6, 6.07) is 15.0. The molecule has 2 aromatic rings. The normalized spacial score (nSPS) is 19.0. The van der Waals surface area contributed by atoms with E-state index in [-0.39, 0.29) is 5.91 Å². The molecule has 1 aliphatic heterocycles. The van der Waals surface area contributed by atoms with Gasteiger partial charge in [-0.25, -0.2) is 0 Å². The van der Waals surface area contributed by atoms with Crippen LogP contribution < -0.4 is 0 Å². The number of rotatable bonds is 6. The summed E-state index contributed by atoms with van der Waals surface area (Å²) in [6.07, 6.45) is 7.10. The van der Waals surface area contributed by atoms with E-state index in [1.807, 2.05) is 0 Å². The Labute approximate surface area is 149 Å². The van der Waals surface area contributed by atoms with E-state index in [2.05, 4.69) is 40.1 Å². The molecule has 0 atom stereocenters. The molecule has 25 heavy (non-hydrogen) atoms. The summed E-state index contributed by atoms with van der Waals surface area (Å²) >= 11 is 0. The molecule has 4 rings (SSSR count). The summed E-state index contributed by atoms with van der Waals surface area (Å²) in [5.41, 5.74) is 1.40. The minimum Gasteiger partial charge on any atom is -0.459 e. The average Bonchev–Trinajstić information content (AvgIpc) is 3.33. The number of nitrogens with zero attached hydrogens (tertiary/aromatic N) is 2. The lowest BCUT2D eigenvalue weighted by atomic mass is 10.0. The Hall–Kier alpha value is -2.07. The number of amides is 1. The molecule has 0 bridgehead atoms. The van der Waals surface area contributed by atoms with Gasteiger partial charge < -0.3 is 14.2 Å². The molecule has 132 valence electrons. The second-order valence-corrected chi connectivity index (χ2v) is 7.23. The third-order valence-electron chi connectivity index (χ3n) is 5.42. The molecular formula is C21H26N2O2. The van der Waals surface area contributed by atoms with Crippen LogP contribution in [0.15, 0.2) is 53.1 Å². The number of hydrogen-bond acceptors (Lipinski definition) is 3. The van der Waals surface area contributed by atoms with Crippen molar-refractivity contribution in [2.24, 2.45) is 0 Å². The summed E-state index contributed by atoms with van der Waals surface area (Å²) in [5, 5.41) is 0. The molecule has 1 aromatic carbocycles. The van der Waals surface area contributed by atoms with Crippen LogP contribution >= 0.6 is 0 Å². The van der Waals surface area contributed by atoms with Gasteiger partial charge >= 0.3 is 0 Å². The van der Waals surface area contributed by atoms with E-state index in [9.17, 15) is 4.79 Å². The van der Waals surface area contributed by atoms with E-state index in [4.69, 9.17) is 4.42 Å². The highest BCUT2D eigenvalue weighted by molar-refractivity contribution is 5.92. The van der Waals surface area contributed by atoms with Gasteiger partial charge in [0.05, 0.1) is 6.26 Å². The van der Waals surface area contributed by atoms with Crippen molar-refractivity contribution in [1.82, 2.24) is 9.80 Å². The Morgan fingerprint density at radius 2 is 1.72 bits per heavy atom. The molecule has 4 nitrogen and oxygen atoms in total. The van der Waals surface area contributed by atoms with Gasteiger partial charge in [-0.05, 0) is 49.8 Å². The predicted molar refractivity (Wildman–Crippen MR) is 97.5 cm³/mol. The highest BCUT2D eigenvalue weighted by atomic mass is 16.3. The van der Waals surface area contributed by atoms with Gasteiger partial charge in [-0.2, -0.15) is 0 Å². The minimum absolute atomic E-state index is 0.0789. The maximum atomic E-state index is 12.8. The van der Waals surface area contributed by atoms with Gasteiger partial charge in [0, 0.05) is 31.7 Å². The summed E-state index contributed by atoms with van der Waals surface area (Å²) in [6.45, 7) is 3.25. The zero-order valence-corrected chi connectivity index (χ0v) is 14.6. The van der Waals surface area contributed by atoms with Crippen molar-refractivity contribution >= 4 is 5.91 Å². The Balaban J connectivity index is 1.31. The number of furan rings is 1. The SMILES string of the molecule is O=C(c1ccco1)N(C1CC1)C1CCN(CCc2ccccc2)CC1. The van der Waals surface area contributed by atoms with Crippen LogP contribution in [0.25, 0.3) is 0 Å². The Kier molecular flexibility index (Phi) is 4.88. The summed E-state index contributed by atoms with van der Waals surface area (Å²) in [5.74, 6) is 0.564. The molecular weight excluding hydrogens is 312 g/mol. The second-order valence-electron chi connectivity index (χ2n) is 7.23. The first-order valence-electron chi connectivity index (χ1n) is 9.44. The first-order valence-corrected chi connectivity index (χ1v) is 9.44. The van der Waals surface area contributed by atoms with Crippen molar-refractivity contribution in [1.29, 1.82) is 0 Å². The van der Waals surface area contributed by atoms with Gasteiger partial charge in [-0.15, -0.1) is 0 Å². The van der Waals surface area contributed by atoms with Crippen LogP contribution in [0, 0.1) is 0 Å². The summed E-state index contributed by atoms with van der Waals surface area (Å²) < 4.78 is 5.35. The number of likely N-dealkylation sites (tertiary alicyclic amines) is 1. The quantitative estimate of drug-likeness (QED) is 0.808. The standard InChI is InChI=1S/C21H26N2O2/c24-21(20-7-4-16-25-20)23(18-8-9-18)19-11-14-22(15-12-19)13-10-17-5-2-1-3-6-17/h1-7,16,18-19H,8-15H2. The highest BCUT2D eigenvalue weighted by Gasteiger charge is 2.39. The van der Waals surface area contributed by atoms with Gasteiger partial charge in [0.25, 0.3) is 5.91 Å². The minimum atomic E-state index is 0.0789. The van der Waals surface area contributed by atoms with E-state index in [0.717, 1.165) is 51.7 Å². The van der Waals surface area contributed by atoms with Crippen LogP contribution in [0.5, 0.6) is 0 Å². The van der Waals surface area contributed by atoms with E-state index >= 15 is 0 Å². The summed E-state index contributed by atoms with van der Waals surface area (Å²) in [4.78, 5) is 17.4. The van der Waals surface area contributed by atoms with Crippen molar-refractivity contribution in [3.8, 4) is 0 Å². The topological polar surface area (TPSA) is 36.7 Å². The second kappa shape index (κ2) is 7.44. The maximum absolute atomic E-state index is 12.8. The molecule has 2 heterocycles. The van der Waals surface area contributed by atoms with Gasteiger partial charge in [0.15, 0.2) is 5.76 Å². The average molecular weight is 338 g/mol. The molecule has 2 fully saturated rings. The molecule has 1 aliphatic carbocycles. The van der Waals surface area contributed by atoms with Crippen LogP contribution in [0.4, 0.5) is 0 Å². The molecule has 4 heteroatoms. The molecule has 1 saturated carbocycles. The van der Waals surface area contributed by atoms with Crippen LogP contribution in [0.2, 0.25) is 0 Å². The lowest BCUT2D eigenvalue weighted by Gasteiger charge is -2.38. The van der Waals surface area contributed by atoms with Crippen molar-refractivity contribution in [2.75, 3.05) is 19.6 Å². The number of carbonyl (C=O) groups excluding carboxylic acids is 1. The van der Waals surface area contributed by atoms with Crippen molar-refractivity contribution in [3.05, 3.63) is 60.1 Å². The molecule has 1 aromatic heterocycles. The van der Waals surface area contributed by atoms with E-state index in [0.29, 0.717) is 17.8 Å². The zero-order valence-electron chi connectivity index (χ0n) is 14.6. The van der Waals surface area contributed by atoms with Crippen LogP contribution in [-0.2, 0) is 6.42 Å². The van der Waals surface area contributed by atoms with Gasteiger partial charge in [0.2, 0.25) is 0 Å².